The number of nitrogens with zero attached hydrogens (tertiary/aromatic N) is 6. The first-order valence-electron chi connectivity index (χ1n) is 12.0. The van der Waals surface area contributed by atoms with Gasteiger partial charge in [0.2, 0.25) is 5.95 Å². The highest BCUT2D eigenvalue weighted by Crippen LogP contribution is 2.30. The van der Waals surface area contributed by atoms with Crippen molar-refractivity contribution < 1.29 is 19.0 Å². The van der Waals surface area contributed by atoms with Crippen LogP contribution >= 0.6 is 0 Å². The van der Waals surface area contributed by atoms with Gasteiger partial charge in [0.05, 0.1) is 41.8 Å². The van der Waals surface area contributed by atoms with Crippen LogP contribution in [0.25, 0.3) is 11.4 Å². The van der Waals surface area contributed by atoms with Gasteiger partial charge in [-0.05, 0) is 58.6 Å². The van der Waals surface area contributed by atoms with E-state index in [0.29, 0.717) is 42.2 Å². The number of pyridine rings is 1. The first kappa shape index (κ1) is 25.3. The molecule has 0 radical (unpaired) electrons. The van der Waals surface area contributed by atoms with Crippen molar-refractivity contribution in [1.82, 2.24) is 29.9 Å². The molecular formula is C24H31FN8O3. The van der Waals surface area contributed by atoms with E-state index >= 15 is 0 Å². The first-order valence-corrected chi connectivity index (χ1v) is 12.0. The highest BCUT2D eigenvalue weighted by Gasteiger charge is 2.28. The molecule has 4 rings (SSSR count). The average Bonchev–Trinajstić information content (AvgIpc) is 3.21. The summed E-state index contributed by atoms with van der Waals surface area (Å²) in [6.07, 6.45) is 3.81. The molecule has 1 fully saturated rings. The number of aliphatic carboxylic acids is 1. The van der Waals surface area contributed by atoms with Crippen molar-refractivity contribution in [3.8, 4) is 17.1 Å². The molecule has 0 aliphatic heterocycles. The maximum absolute atomic E-state index is 14.0. The zero-order valence-corrected chi connectivity index (χ0v) is 20.8. The summed E-state index contributed by atoms with van der Waals surface area (Å²) in [4.78, 5) is 24.3. The summed E-state index contributed by atoms with van der Waals surface area (Å²) in [6, 6.07) is 3.67. The Bertz CT molecular complexity index is 1230. The number of hydrogen-bond acceptors (Lipinski definition) is 9. The Morgan fingerprint density at radius 2 is 2.11 bits per heavy atom. The van der Waals surface area contributed by atoms with Crippen LogP contribution < -0.4 is 15.4 Å². The van der Waals surface area contributed by atoms with E-state index in [-0.39, 0.29) is 29.8 Å². The fourth-order valence-corrected chi connectivity index (χ4v) is 4.22. The first-order chi connectivity index (χ1) is 17.2. The Labute approximate surface area is 208 Å². The second kappa shape index (κ2) is 10.8. The molecule has 11 nitrogen and oxygen atoms in total. The van der Waals surface area contributed by atoms with Gasteiger partial charge in [-0.15, -0.1) is 5.10 Å². The summed E-state index contributed by atoms with van der Waals surface area (Å²) in [7, 11) is 1.77. The van der Waals surface area contributed by atoms with Gasteiger partial charge in [0.25, 0.3) is 0 Å². The van der Waals surface area contributed by atoms with E-state index in [1.807, 2.05) is 32.9 Å². The third-order valence-electron chi connectivity index (χ3n) is 6.08. The fourth-order valence-electron chi connectivity index (χ4n) is 4.22. The Balaban J connectivity index is 1.48. The van der Waals surface area contributed by atoms with Crippen LogP contribution in [0.4, 0.5) is 16.2 Å². The highest BCUT2D eigenvalue weighted by molar-refractivity contribution is 5.70. The smallest absolute Gasteiger partial charge is 0.306 e. The van der Waals surface area contributed by atoms with Gasteiger partial charge in [-0.25, -0.2) is 19.0 Å². The molecule has 36 heavy (non-hydrogen) atoms. The molecule has 3 aromatic rings. The monoisotopic (exact) mass is 498 g/mol. The molecule has 0 saturated heterocycles. The summed E-state index contributed by atoms with van der Waals surface area (Å²) in [5.41, 5.74) is 2.64. The number of halogens is 1. The van der Waals surface area contributed by atoms with Crippen LogP contribution in [0, 0.1) is 18.7 Å². The van der Waals surface area contributed by atoms with Crippen LogP contribution in [0.3, 0.4) is 0 Å². The molecule has 0 spiro atoms. The number of carboxylic acids is 1. The largest absolute Gasteiger partial charge is 0.489 e. The van der Waals surface area contributed by atoms with Crippen molar-refractivity contribution in [2.24, 2.45) is 13.0 Å². The summed E-state index contributed by atoms with van der Waals surface area (Å²) < 4.78 is 21.7. The standard InChI is InChI=1S/C24H31FN8O3/c1-13(2)28-22-17(25)11-26-24(30-22)27-12-19-21(31-32-33(19)4)18-8-9-20(14(3)29-18)36-16-7-5-6-15(10-16)23(34)35/h8-9,11,13,15-16H,5-7,10,12H2,1-4H3,(H,34,35)(H2,26,27,28,30)/t15-,16-/m0/s1. The quantitative estimate of drug-likeness (QED) is 0.401. The van der Waals surface area contributed by atoms with E-state index in [0.717, 1.165) is 24.7 Å². The molecule has 3 aromatic heterocycles. The third kappa shape index (κ3) is 5.86. The van der Waals surface area contributed by atoms with Crippen LogP contribution in [0.15, 0.2) is 18.3 Å². The normalized spacial score (nSPS) is 17.7. The lowest BCUT2D eigenvalue weighted by atomic mass is 9.87. The number of aryl methyl sites for hydroxylation is 2. The van der Waals surface area contributed by atoms with Gasteiger partial charge >= 0.3 is 5.97 Å². The summed E-state index contributed by atoms with van der Waals surface area (Å²) in [5, 5.41) is 23.8. The van der Waals surface area contributed by atoms with Gasteiger partial charge in [0.1, 0.15) is 11.4 Å². The van der Waals surface area contributed by atoms with E-state index in [4.69, 9.17) is 4.74 Å². The lowest BCUT2D eigenvalue weighted by Crippen LogP contribution is -2.29. The van der Waals surface area contributed by atoms with Gasteiger partial charge < -0.3 is 20.5 Å². The van der Waals surface area contributed by atoms with Crippen molar-refractivity contribution in [3.63, 3.8) is 0 Å². The lowest BCUT2D eigenvalue weighted by Gasteiger charge is -2.27. The maximum atomic E-state index is 14.0. The van der Waals surface area contributed by atoms with Crippen molar-refractivity contribution in [2.45, 2.75) is 65.1 Å². The Morgan fingerprint density at radius 1 is 1.31 bits per heavy atom. The minimum atomic E-state index is -0.768. The van der Waals surface area contributed by atoms with Crippen LogP contribution in [0.2, 0.25) is 0 Å². The molecule has 12 heteroatoms. The molecule has 2 atom stereocenters. The molecule has 0 aromatic carbocycles. The topological polar surface area (TPSA) is 140 Å². The van der Waals surface area contributed by atoms with Crippen molar-refractivity contribution in [3.05, 3.63) is 35.5 Å². The SMILES string of the molecule is Cc1nc(-c2nnn(C)c2CNc2ncc(F)c(NC(C)C)n2)ccc1O[C@H]1CCC[C@H](C(=O)O)C1. The van der Waals surface area contributed by atoms with E-state index in [1.54, 1.807) is 11.7 Å². The second-order valence-corrected chi connectivity index (χ2v) is 9.27. The molecule has 1 saturated carbocycles. The number of hydrogen-bond donors (Lipinski definition) is 3. The van der Waals surface area contributed by atoms with E-state index in [2.05, 4.69) is 35.9 Å². The molecule has 1 aliphatic rings. The molecule has 0 bridgehead atoms. The van der Waals surface area contributed by atoms with Crippen LogP contribution in [0.5, 0.6) is 5.75 Å². The van der Waals surface area contributed by atoms with Gasteiger partial charge in [0.15, 0.2) is 11.6 Å². The molecule has 192 valence electrons. The number of rotatable bonds is 9. The number of carboxylic acid groups (broad SMARTS) is 1. The predicted octanol–water partition coefficient (Wildman–Crippen LogP) is 3.57. The van der Waals surface area contributed by atoms with Crippen LogP contribution in [-0.2, 0) is 18.4 Å². The predicted molar refractivity (Wildman–Crippen MR) is 131 cm³/mol. The van der Waals surface area contributed by atoms with Crippen molar-refractivity contribution >= 4 is 17.7 Å². The van der Waals surface area contributed by atoms with Crippen molar-refractivity contribution in [2.75, 3.05) is 10.6 Å². The number of anilines is 2. The van der Waals surface area contributed by atoms with Crippen LogP contribution in [0.1, 0.15) is 50.9 Å². The molecule has 3 N–H and O–H groups in total. The average molecular weight is 499 g/mol. The minimum absolute atomic E-state index is 0.0214. The summed E-state index contributed by atoms with van der Waals surface area (Å²) >= 11 is 0. The van der Waals surface area contributed by atoms with Crippen molar-refractivity contribution in [1.29, 1.82) is 0 Å². The molecular weight excluding hydrogens is 467 g/mol. The van der Waals surface area contributed by atoms with E-state index in [9.17, 15) is 14.3 Å². The maximum Gasteiger partial charge on any atom is 0.306 e. The third-order valence-corrected chi connectivity index (χ3v) is 6.08. The second-order valence-electron chi connectivity index (χ2n) is 9.27. The molecule has 3 heterocycles. The van der Waals surface area contributed by atoms with Gasteiger partial charge in [-0.3, -0.25) is 4.79 Å². The Hall–Kier alpha value is -3.83. The van der Waals surface area contributed by atoms with Crippen LogP contribution in [-0.4, -0.2) is 53.2 Å². The Kier molecular flexibility index (Phi) is 7.61. The van der Waals surface area contributed by atoms with Gasteiger partial charge in [-0.2, -0.15) is 4.98 Å². The molecule has 1 aliphatic carbocycles. The zero-order chi connectivity index (χ0) is 25.8. The summed E-state index contributed by atoms with van der Waals surface area (Å²) in [6.45, 7) is 5.94. The number of carbonyl (C=O) groups is 1. The lowest BCUT2D eigenvalue weighted by molar-refractivity contribution is -0.143. The van der Waals surface area contributed by atoms with Gasteiger partial charge in [0, 0.05) is 13.1 Å². The van der Waals surface area contributed by atoms with E-state index in [1.165, 1.54) is 0 Å². The highest BCUT2D eigenvalue weighted by atomic mass is 19.1. The van der Waals surface area contributed by atoms with E-state index < -0.39 is 11.8 Å². The molecule has 0 unspecified atom stereocenters. The zero-order valence-electron chi connectivity index (χ0n) is 20.8. The van der Waals surface area contributed by atoms with Gasteiger partial charge in [-0.1, -0.05) is 5.21 Å². The fraction of sp³-hybridized carbons (Fsp3) is 0.500. The number of aromatic nitrogens is 6. The minimum Gasteiger partial charge on any atom is -0.489 e. The summed E-state index contributed by atoms with van der Waals surface area (Å²) in [5.74, 6) is -0.629. The number of nitrogens with one attached hydrogen (secondary N) is 2. The number of ether oxygens (including phenoxy) is 1. The molecule has 0 amide bonds. The Morgan fingerprint density at radius 3 is 2.83 bits per heavy atom.